The van der Waals surface area contributed by atoms with E-state index < -0.39 is 0 Å². The molecule has 0 fully saturated rings. The third kappa shape index (κ3) is 3.55. The Hall–Kier alpha value is -0.130. The molecule has 0 radical (unpaired) electrons. The molecule has 1 atom stereocenters. The summed E-state index contributed by atoms with van der Waals surface area (Å²) < 4.78 is 6.68. The Labute approximate surface area is 99.2 Å². The fraction of sp³-hybridized carbons (Fsp3) is 0.455. The van der Waals surface area contributed by atoms with Crippen LogP contribution < -0.4 is 5.32 Å². The summed E-state index contributed by atoms with van der Waals surface area (Å²) in [7, 11) is 1.96. The van der Waals surface area contributed by atoms with Crippen LogP contribution >= 0.6 is 22.6 Å². The molecular weight excluding hydrogens is 289 g/mol. The molecular formula is C11H16INO. The highest BCUT2D eigenvalue weighted by atomic mass is 127. The number of rotatable bonds is 5. The van der Waals surface area contributed by atoms with Gasteiger partial charge in [-0.15, -0.1) is 0 Å². The summed E-state index contributed by atoms with van der Waals surface area (Å²) in [6, 6.07) is 8.78. The van der Waals surface area contributed by atoms with E-state index in [1.165, 1.54) is 9.13 Å². The van der Waals surface area contributed by atoms with Crippen molar-refractivity contribution < 1.29 is 4.74 Å². The minimum Gasteiger partial charge on any atom is -0.380 e. The minimum atomic E-state index is 0.296. The maximum absolute atomic E-state index is 5.42. The highest BCUT2D eigenvalue weighted by Crippen LogP contribution is 2.15. The Kier molecular flexibility index (Phi) is 5.44. The smallest absolute Gasteiger partial charge is 0.0661 e. The van der Waals surface area contributed by atoms with Gasteiger partial charge in [0.25, 0.3) is 0 Å². The molecule has 3 heteroatoms. The van der Waals surface area contributed by atoms with Gasteiger partial charge in [0.2, 0.25) is 0 Å². The van der Waals surface area contributed by atoms with E-state index in [9.17, 15) is 0 Å². The molecule has 78 valence electrons. The van der Waals surface area contributed by atoms with Gasteiger partial charge in [-0.2, -0.15) is 0 Å². The van der Waals surface area contributed by atoms with Crippen LogP contribution in [0, 0.1) is 3.57 Å². The zero-order valence-electron chi connectivity index (χ0n) is 8.59. The quantitative estimate of drug-likeness (QED) is 0.844. The molecule has 1 unspecified atom stereocenters. The maximum atomic E-state index is 5.42. The number of hydrogen-bond donors (Lipinski definition) is 1. The van der Waals surface area contributed by atoms with Crippen molar-refractivity contribution in [2.75, 3.05) is 20.3 Å². The van der Waals surface area contributed by atoms with Crippen molar-refractivity contribution in [3.63, 3.8) is 0 Å². The summed E-state index contributed by atoms with van der Waals surface area (Å²) in [5.41, 5.74) is 1.29. The summed E-state index contributed by atoms with van der Waals surface area (Å²) in [5, 5.41) is 3.25. The van der Waals surface area contributed by atoms with Crippen LogP contribution in [0.1, 0.15) is 18.5 Å². The van der Waals surface area contributed by atoms with Crippen molar-refractivity contribution in [3.05, 3.63) is 33.4 Å². The second-order valence-corrected chi connectivity index (χ2v) is 4.30. The van der Waals surface area contributed by atoms with Gasteiger partial charge in [0.1, 0.15) is 0 Å². The van der Waals surface area contributed by atoms with E-state index in [0.29, 0.717) is 6.04 Å². The second-order valence-electron chi connectivity index (χ2n) is 3.06. The first-order chi connectivity index (χ1) is 6.77. The van der Waals surface area contributed by atoms with E-state index >= 15 is 0 Å². The number of benzene rings is 1. The second kappa shape index (κ2) is 6.37. The average molecular weight is 305 g/mol. The third-order valence-corrected chi connectivity index (χ3v) is 2.76. The van der Waals surface area contributed by atoms with Crippen molar-refractivity contribution >= 4 is 22.6 Å². The van der Waals surface area contributed by atoms with E-state index in [2.05, 4.69) is 52.2 Å². The van der Waals surface area contributed by atoms with E-state index in [1.807, 2.05) is 14.0 Å². The number of ether oxygens (including phenoxy) is 1. The zero-order valence-corrected chi connectivity index (χ0v) is 10.7. The predicted octanol–water partition coefficient (Wildman–Crippen LogP) is 2.59. The van der Waals surface area contributed by atoms with E-state index in [-0.39, 0.29) is 0 Å². The molecule has 0 aromatic heterocycles. The average Bonchev–Trinajstić information content (AvgIpc) is 2.19. The zero-order chi connectivity index (χ0) is 10.4. The number of halogens is 1. The van der Waals surface area contributed by atoms with Crippen molar-refractivity contribution in [1.82, 2.24) is 5.32 Å². The van der Waals surface area contributed by atoms with Gasteiger partial charge in [-0.1, -0.05) is 12.1 Å². The fourth-order valence-corrected chi connectivity index (χ4v) is 1.87. The first-order valence-electron chi connectivity index (χ1n) is 4.78. The van der Waals surface area contributed by atoms with E-state index in [4.69, 9.17) is 4.74 Å². The molecule has 1 rings (SSSR count). The van der Waals surface area contributed by atoms with Gasteiger partial charge in [0.05, 0.1) is 12.6 Å². The molecule has 0 aliphatic carbocycles. The lowest BCUT2D eigenvalue weighted by Crippen LogP contribution is -2.21. The number of hydrogen-bond acceptors (Lipinski definition) is 2. The fourth-order valence-electron chi connectivity index (χ4n) is 1.31. The molecule has 1 N–H and O–H groups in total. The lowest BCUT2D eigenvalue weighted by Gasteiger charge is -2.16. The van der Waals surface area contributed by atoms with Crippen molar-refractivity contribution in [3.8, 4) is 0 Å². The van der Waals surface area contributed by atoms with Crippen molar-refractivity contribution in [2.45, 2.75) is 13.0 Å². The summed E-state index contributed by atoms with van der Waals surface area (Å²) in [6.07, 6.45) is 0. The molecule has 0 aliphatic heterocycles. The SMILES string of the molecule is CCOCC(NC)c1cccc(I)c1. The largest absolute Gasteiger partial charge is 0.380 e. The molecule has 0 heterocycles. The standard InChI is InChI=1S/C11H16INO/c1-3-14-8-11(13-2)9-5-4-6-10(12)7-9/h4-7,11,13H,3,8H2,1-2H3. The van der Waals surface area contributed by atoms with Gasteiger partial charge in [-0.3, -0.25) is 0 Å². The van der Waals surface area contributed by atoms with Gasteiger partial charge in [-0.05, 0) is 54.3 Å². The van der Waals surface area contributed by atoms with Gasteiger partial charge in [0, 0.05) is 10.2 Å². The van der Waals surface area contributed by atoms with Crippen LogP contribution in [0.15, 0.2) is 24.3 Å². The molecule has 0 amide bonds. The van der Waals surface area contributed by atoms with Crippen LogP contribution in [-0.4, -0.2) is 20.3 Å². The lowest BCUT2D eigenvalue weighted by atomic mass is 10.1. The molecule has 0 saturated carbocycles. The molecule has 1 aromatic rings. The highest BCUT2D eigenvalue weighted by molar-refractivity contribution is 14.1. The monoisotopic (exact) mass is 305 g/mol. The van der Waals surface area contributed by atoms with Crippen molar-refractivity contribution in [1.29, 1.82) is 0 Å². The van der Waals surface area contributed by atoms with Crippen LogP contribution in [0.3, 0.4) is 0 Å². The van der Waals surface area contributed by atoms with Gasteiger partial charge in [0.15, 0.2) is 0 Å². The lowest BCUT2D eigenvalue weighted by molar-refractivity contribution is 0.125. The summed E-state index contributed by atoms with van der Waals surface area (Å²) in [6.45, 7) is 3.51. The Morgan fingerprint density at radius 1 is 1.50 bits per heavy atom. The van der Waals surface area contributed by atoms with Crippen LogP contribution in [-0.2, 0) is 4.74 Å². The van der Waals surface area contributed by atoms with Crippen LogP contribution in [0.2, 0.25) is 0 Å². The highest BCUT2D eigenvalue weighted by Gasteiger charge is 2.08. The molecule has 0 saturated heterocycles. The summed E-state index contributed by atoms with van der Waals surface area (Å²) in [4.78, 5) is 0. The molecule has 0 bridgehead atoms. The Morgan fingerprint density at radius 3 is 2.86 bits per heavy atom. The molecule has 0 spiro atoms. The van der Waals surface area contributed by atoms with Crippen molar-refractivity contribution in [2.24, 2.45) is 0 Å². The molecule has 14 heavy (non-hydrogen) atoms. The van der Waals surface area contributed by atoms with Crippen LogP contribution in [0.4, 0.5) is 0 Å². The van der Waals surface area contributed by atoms with E-state index in [0.717, 1.165) is 13.2 Å². The van der Waals surface area contributed by atoms with Gasteiger partial charge >= 0.3 is 0 Å². The minimum absolute atomic E-state index is 0.296. The molecule has 1 aromatic carbocycles. The maximum Gasteiger partial charge on any atom is 0.0661 e. The van der Waals surface area contributed by atoms with Crippen LogP contribution in [0.5, 0.6) is 0 Å². The Morgan fingerprint density at radius 2 is 2.29 bits per heavy atom. The Bertz CT molecular complexity index is 278. The number of nitrogens with one attached hydrogen (secondary N) is 1. The topological polar surface area (TPSA) is 21.3 Å². The first kappa shape index (κ1) is 11.9. The summed E-state index contributed by atoms with van der Waals surface area (Å²) in [5.74, 6) is 0. The molecule has 2 nitrogen and oxygen atoms in total. The van der Waals surface area contributed by atoms with E-state index in [1.54, 1.807) is 0 Å². The third-order valence-electron chi connectivity index (χ3n) is 2.09. The summed E-state index contributed by atoms with van der Waals surface area (Å²) >= 11 is 2.32. The van der Waals surface area contributed by atoms with Gasteiger partial charge in [-0.25, -0.2) is 0 Å². The van der Waals surface area contributed by atoms with Crippen LogP contribution in [0.25, 0.3) is 0 Å². The number of likely N-dealkylation sites (N-methyl/N-ethyl adjacent to an activating group) is 1. The first-order valence-corrected chi connectivity index (χ1v) is 5.86. The normalized spacial score (nSPS) is 12.8. The predicted molar refractivity (Wildman–Crippen MR) is 67.5 cm³/mol. The Balaban J connectivity index is 2.68. The van der Waals surface area contributed by atoms with Gasteiger partial charge < -0.3 is 10.1 Å². The molecule has 0 aliphatic rings.